The van der Waals surface area contributed by atoms with Crippen molar-refractivity contribution >= 4 is 44.9 Å². The Hall–Kier alpha value is -3.03. The molecule has 0 saturated carbocycles. The lowest BCUT2D eigenvalue weighted by Crippen LogP contribution is -2.46. The highest BCUT2D eigenvalue weighted by molar-refractivity contribution is 7.92. The molecule has 2 heterocycles. The van der Waals surface area contributed by atoms with E-state index in [-0.39, 0.29) is 21.2 Å². The number of aromatic carboxylic acids is 1. The summed E-state index contributed by atoms with van der Waals surface area (Å²) in [6.45, 7) is 3.88. The number of nitrogens with one attached hydrogen (secondary N) is 1. The van der Waals surface area contributed by atoms with Gasteiger partial charge in [-0.1, -0.05) is 30.2 Å². The number of carboxylic acids is 2. The van der Waals surface area contributed by atoms with Crippen LogP contribution in [0.25, 0.3) is 0 Å². The molecule has 2 saturated heterocycles. The van der Waals surface area contributed by atoms with E-state index in [0.29, 0.717) is 11.7 Å². The van der Waals surface area contributed by atoms with Crippen LogP contribution in [0, 0.1) is 0 Å². The van der Waals surface area contributed by atoms with Crippen molar-refractivity contribution in [3.05, 3.63) is 53.1 Å². The Kier molecular flexibility index (Phi) is 10.1. The van der Waals surface area contributed by atoms with Crippen LogP contribution in [0.4, 0.5) is 24.5 Å². The maximum atomic E-state index is 13.0. The molecule has 9 nitrogen and oxygen atoms in total. The molecule has 0 aliphatic carbocycles. The average Bonchev–Trinajstić information content (AvgIpc) is 2.89. The van der Waals surface area contributed by atoms with Crippen molar-refractivity contribution < 1.29 is 41.4 Å². The van der Waals surface area contributed by atoms with Gasteiger partial charge in [-0.05, 0) is 69.1 Å². The first-order chi connectivity index (χ1) is 18.3. The number of anilines is 2. The van der Waals surface area contributed by atoms with Crippen molar-refractivity contribution in [2.45, 2.75) is 49.2 Å². The second kappa shape index (κ2) is 12.9. The van der Waals surface area contributed by atoms with Crippen LogP contribution in [-0.2, 0) is 14.8 Å². The van der Waals surface area contributed by atoms with Crippen LogP contribution in [0.2, 0.25) is 5.02 Å². The minimum absolute atomic E-state index is 0.0220. The quantitative estimate of drug-likeness (QED) is 0.432. The summed E-state index contributed by atoms with van der Waals surface area (Å²) in [6.07, 6.45) is 0.727. The molecule has 2 aromatic rings. The molecule has 3 N–H and O–H groups in total. The van der Waals surface area contributed by atoms with Gasteiger partial charge in [-0.15, -0.1) is 0 Å². The minimum atomic E-state index is -5.08. The highest BCUT2D eigenvalue weighted by atomic mass is 35.5. The molecule has 0 bridgehead atoms. The summed E-state index contributed by atoms with van der Waals surface area (Å²) in [5.74, 6) is -3.87. The molecule has 0 unspecified atom stereocenters. The first-order valence-corrected chi connectivity index (χ1v) is 14.1. The monoisotopic (exact) mass is 591 g/mol. The van der Waals surface area contributed by atoms with E-state index in [1.165, 1.54) is 43.5 Å². The van der Waals surface area contributed by atoms with Crippen molar-refractivity contribution in [2.24, 2.45) is 0 Å². The lowest BCUT2D eigenvalue weighted by molar-refractivity contribution is -0.192. The number of piperidine rings is 2. The van der Waals surface area contributed by atoms with Crippen molar-refractivity contribution in [1.82, 2.24) is 4.90 Å². The van der Waals surface area contributed by atoms with Gasteiger partial charge in [-0.25, -0.2) is 18.0 Å². The number of aliphatic carboxylic acids is 1. The third kappa shape index (κ3) is 8.23. The fourth-order valence-corrected chi connectivity index (χ4v) is 6.23. The zero-order valence-electron chi connectivity index (χ0n) is 20.8. The number of sulfonamides is 1. The molecule has 2 fully saturated rings. The normalized spacial score (nSPS) is 17.2. The van der Waals surface area contributed by atoms with E-state index in [2.05, 4.69) is 14.5 Å². The molecular formula is C25H29ClF3N3O6S. The third-order valence-corrected chi connectivity index (χ3v) is 8.43. The zero-order chi connectivity index (χ0) is 28.8. The Labute approximate surface area is 229 Å². The number of hydrogen-bond donors (Lipinski definition) is 3. The highest BCUT2D eigenvalue weighted by Gasteiger charge is 2.38. The Morgan fingerprint density at radius 3 is 2.08 bits per heavy atom. The van der Waals surface area contributed by atoms with Gasteiger partial charge in [0.2, 0.25) is 0 Å². The fraction of sp³-hybridized carbons (Fsp3) is 0.440. The van der Waals surface area contributed by atoms with Crippen molar-refractivity contribution in [3.8, 4) is 0 Å². The lowest BCUT2D eigenvalue weighted by atomic mass is 9.99. The summed E-state index contributed by atoms with van der Waals surface area (Å²) in [4.78, 5) is 25.1. The minimum Gasteiger partial charge on any atom is -0.478 e. The predicted molar refractivity (Wildman–Crippen MR) is 140 cm³/mol. The van der Waals surface area contributed by atoms with E-state index < -0.39 is 28.1 Å². The highest BCUT2D eigenvalue weighted by Crippen LogP contribution is 2.33. The van der Waals surface area contributed by atoms with E-state index in [9.17, 15) is 31.5 Å². The number of benzene rings is 2. The van der Waals surface area contributed by atoms with Gasteiger partial charge in [0.15, 0.2) is 0 Å². The van der Waals surface area contributed by atoms with Gasteiger partial charge in [0.1, 0.15) is 4.90 Å². The first kappa shape index (κ1) is 30.5. The van der Waals surface area contributed by atoms with Gasteiger partial charge in [0.25, 0.3) is 10.0 Å². The van der Waals surface area contributed by atoms with Crippen LogP contribution in [0.3, 0.4) is 0 Å². The molecule has 214 valence electrons. The van der Waals surface area contributed by atoms with Gasteiger partial charge in [0.05, 0.1) is 22.0 Å². The Morgan fingerprint density at radius 2 is 1.54 bits per heavy atom. The molecule has 39 heavy (non-hydrogen) atoms. The van der Waals surface area contributed by atoms with Crippen LogP contribution in [-0.4, -0.2) is 73.9 Å². The molecule has 0 spiro atoms. The van der Waals surface area contributed by atoms with Crippen molar-refractivity contribution in [3.63, 3.8) is 0 Å². The van der Waals surface area contributed by atoms with Gasteiger partial charge in [-0.2, -0.15) is 13.2 Å². The summed E-state index contributed by atoms with van der Waals surface area (Å²) in [6, 6.07) is 11.3. The van der Waals surface area contributed by atoms with E-state index >= 15 is 0 Å². The van der Waals surface area contributed by atoms with Gasteiger partial charge in [-0.3, -0.25) is 4.72 Å². The maximum Gasteiger partial charge on any atom is 0.490 e. The molecule has 4 rings (SSSR count). The summed E-state index contributed by atoms with van der Waals surface area (Å²) in [7, 11) is -3.99. The van der Waals surface area contributed by atoms with E-state index in [1.54, 1.807) is 18.2 Å². The van der Waals surface area contributed by atoms with E-state index in [1.807, 2.05) is 0 Å². The Morgan fingerprint density at radius 1 is 0.949 bits per heavy atom. The topological polar surface area (TPSA) is 127 Å². The smallest absolute Gasteiger partial charge is 0.478 e. The number of alkyl halides is 3. The largest absolute Gasteiger partial charge is 0.490 e. The molecule has 2 aliphatic heterocycles. The Bertz CT molecular complexity index is 1280. The lowest BCUT2D eigenvalue weighted by Gasteiger charge is -2.41. The zero-order valence-corrected chi connectivity index (χ0v) is 22.4. The molecular weight excluding hydrogens is 563 g/mol. The maximum absolute atomic E-state index is 13.0. The third-order valence-electron chi connectivity index (χ3n) is 6.57. The summed E-state index contributed by atoms with van der Waals surface area (Å²) in [5.41, 5.74) is 0.956. The number of carboxylic acid groups (broad SMARTS) is 2. The van der Waals surface area contributed by atoms with E-state index in [0.717, 1.165) is 39.0 Å². The van der Waals surface area contributed by atoms with Crippen LogP contribution in [0.15, 0.2) is 47.4 Å². The molecule has 14 heteroatoms. The summed E-state index contributed by atoms with van der Waals surface area (Å²) >= 11 is 6.11. The summed E-state index contributed by atoms with van der Waals surface area (Å²) < 4.78 is 60.4. The second-order valence-corrected chi connectivity index (χ2v) is 11.2. The number of carbonyl (C=O) groups is 2. The number of hydrogen-bond acceptors (Lipinski definition) is 6. The molecule has 0 amide bonds. The molecule has 0 aromatic heterocycles. The summed E-state index contributed by atoms with van der Waals surface area (Å²) in [5, 5.41) is 16.7. The van der Waals surface area contributed by atoms with Crippen LogP contribution in [0.5, 0.6) is 0 Å². The number of rotatable bonds is 6. The fourth-order valence-electron chi connectivity index (χ4n) is 4.64. The predicted octanol–water partition coefficient (Wildman–Crippen LogP) is 4.93. The second-order valence-electron chi connectivity index (χ2n) is 9.19. The number of likely N-dealkylation sites (tertiary alicyclic amines) is 1. The SMILES string of the molecule is O=C(O)C(F)(F)F.O=C(O)c1ccc(N2CCC(N3CCCCC3)CC2)c(NS(=O)(=O)c2ccccc2Cl)c1. The molecule has 0 atom stereocenters. The number of halogens is 4. The van der Waals surface area contributed by atoms with Gasteiger partial charge < -0.3 is 20.0 Å². The number of nitrogens with zero attached hydrogens (tertiary/aromatic N) is 2. The van der Waals surface area contributed by atoms with Crippen LogP contribution >= 0.6 is 11.6 Å². The molecule has 2 aromatic carbocycles. The van der Waals surface area contributed by atoms with Crippen LogP contribution < -0.4 is 9.62 Å². The van der Waals surface area contributed by atoms with E-state index in [4.69, 9.17) is 21.5 Å². The van der Waals surface area contributed by atoms with Crippen molar-refractivity contribution in [1.29, 1.82) is 0 Å². The molecule has 0 radical (unpaired) electrons. The molecule has 2 aliphatic rings. The van der Waals surface area contributed by atoms with Gasteiger partial charge in [0, 0.05) is 19.1 Å². The van der Waals surface area contributed by atoms with Crippen LogP contribution in [0.1, 0.15) is 42.5 Å². The standard InChI is InChI=1S/C23H28ClN3O4S.C2HF3O2/c24-19-6-2-3-7-22(19)32(30,31)25-20-16-17(23(28)29)8-9-21(20)27-14-10-18(11-15-27)26-12-4-1-5-13-26;3-2(4,5)1(6)7/h2-3,6-9,16,18,25H,1,4-5,10-15H2,(H,28,29);(H,6,7). The Balaban J connectivity index is 0.000000532. The first-order valence-electron chi connectivity index (χ1n) is 12.2. The van der Waals surface area contributed by atoms with Gasteiger partial charge >= 0.3 is 18.1 Å². The van der Waals surface area contributed by atoms with Crippen molar-refractivity contribution in [2.75, 3.05) is 35.8 Å². The average molecular weight is 592 g/mol.